The van der Waals surface area contributed by atoms with Gasteiger partial charge < -0.3 is 5.32 Å². The minimum atomic E-state index is -3.07. The first-order valence-corrected chi connectivity index (χ1v) is 8.05. The summed E-state index contributed by atoms with van der Waals surface area (Å²) in [7, 11) is -3.07. The first-order chi connectivity index (χ1) is 8.37. The zero-order chi connectivity index (χ0) is 13.3. The third-order valence-corrected chi connectivity index (χ3v) is 5.22. The van der Waals surface area contributed by atoms with E-state index in [1.165, 1.54) is 6.92 Å². The summed E-state index contributed by atoms with van der Waals surface area (Å²) in [6, 6.07) is 0. The Kier molecular flexibility index (Phi) is 3.49. The number of Topliss-reactive ketones (excluding diaryl/α,β-unsaturated/α-hetero) is 1. The quantitative estimate of drug-likeness (QED) is 0.827. The number of hydrogen-bond acceptors (Lipinski definition) is 6. The van der Waals surface area contributed by atoms with Gasteiger partial charge in [0.15, 0.2) is 20.8 Å². The number of anilines is 1. The van der Waals surface area contributed by atoms with Gasteiger partial charge in [0.05, 0.1) is 17.4 Å². The van der Waals surface area contributed by atoms with E-state index in [4.69, 9.17) is 0 Å². The summed E-state index contributed by atoms with van der Waals surface area (Å²) in [6.07, 6.45) is 0.346. The molecule has 2 heterocycles. The maximum atomic E-state index is 11.8. The number of nitrogens with one attached hydrogen (secondary N) is 1. The van der Waals surface area contributed by atoms with Gasteiger partial charge in [0.25, 0.3) is 0 Å². The highest BCUT2D eigenvalue weighted by Crippen LogP contribution is 2.22. The molecule has 18 heavy (non-hydrogen) atoms. The lowest BCUT2D eigenvalue weighted by atomic mass is 10.1. The highest BCUT2D eigenvalue weighted by Gasteiger charge is 2.33. The molecule has 6 nitrogen and oxygen atoms in total. The zero-order valence-electron chi connectivity index (χ0n) is 9.67. The highest BCUT2D eigenvalue weighted by atomic mass is 32.2. The van der Waals surface area contributed by atoms with Crippen LogP contribution >= 0.6 is 11.3 Å². The fourth-order valence-electron chi connectivity index (χ4n) is 1.70. The molecule has 1 N–H and O–H groups in total. The number of thiazole rings is 1. The highest BCUT2D eigenvalue weighted by molar-refractivity contribution is 7.91. The van der Waals surface area contributed by atoms with Crippen LogP contribution in [-0.4, -0.2) is 36.6 Å². The van der Waals surface area contributed by atoms with Gasteiger partial charge in [-0.15, -0.1) is 11.3 Å². The predicted octanol–water partition coefficient (Wildman–Crippen LogP) is 0.719. The molecule has 1 saturated heterocycles. The number of amides is 1. The molecule has 1 aliphatic rings. The summed E-state index contributed by atoms with van der Waals surface area (Å²) < 4.78 is 22.5. The normalized spacial score (nSPS) is 21.7. The Labute approximate surface area is 108 Å². The Morgan fingerprint density at radius 3 is 2.72 bits per heavy atom. The number of carbonyl (C=O) groups is 2. The molecule has 1 fully saturated rings. The summed E-state index contributed by atoms with van der Waals surface area (Å²) in [5, 5.41) is 4.44. The van der Waals surface area contributed by atoms with Crippen LogP contribution in [0.1, 0.15) is 23.8 Å². The van der Waals surface area contributed by atoms with Gasteiger partial charge in [0.1, 0.15) is 5.69 Å². The van der Waals surface area contributed by atoms with E-state index < -0.39 is 15.8 Å². The van der Waals surface area contributed by atoms with Gasteiger partial charge in [0, 0.05) is 12.3 Å². The molecule has 1 atom stereocenters. The second-order valence-corrected chi connectivity index (χ2v) is 7.27. The van der Waals surface area contributed by atoms with Crippen molar-refractivity contribution in [1.82, 2.24) is 4.98 Å². The molecule has 1 amide bonds. The first kappa shape index (κ1) is 13.2. The van der Waals surface area contributed by atoms with Crippen molar-refractivity contribution in [1.29, 1.82) is 0 Å². The smallest absolute Gasteiger partial charge is 0.230 e. The van der Waals surface area contributed by atoms with Gasteiger partial charge in [0.2, 0.25) is 5.91 Å². The number of sulfone groups is 1. The molecule has 98 valence electrons. The molecule has 1 unspecified atom stereocenters. The van der Waals surface area contributed by atoms with E-state index in [2.05, 4.69) is 10.3 Å². The fourth-order valence-corrected chi connectivity index (χ4v) is 4.20. The van der Waals surface area contributed by atoms with Crippen LogP contribution in [0, 0.1) is 5.92 Å². The Balaban J connectivity index is 2.01. The number of hydrogen-bond donors (Lipinski definition) is 1. The van der Waals surface area contributed by atoms with E-state index >= 15 is 0 Å². The minimum absolute atomic E-state index is 0.0572. The van der Waals surface area contributed by atoms with E-state index in [-0.39, 0.29) is 23.2 Å². The lowest BCUT2D eigenvalue weighted by molar-refractivity contribution is -0.119. The van der Waals surface area contributed by atoms with E-state index in [9.17, 15) is 18.0 Å². The molecule has 0 saturated carbocycles. The van der Waals surface area contributed by atoms with Gasteiger partial charge >= 0.3 is 0 Å². The predicted molar refractivity (Wildman–Crippen MR) is 67.5 cm³/mol. The van der Waals surface area contributed by atoms with E-state index in [0.29, 0.717) is 17.2 Å². The Bertz CT molecular complexity index is 591. The van der Waals surface area contributed by atoms with Gasteiger partial charge in [-0.3, -0.25) is 9.59 Å². The molecule has 1 aromatic rings. The second-order valence-electron chi connectivity index (χ2n) is 4.18. The van der Waals surface area contributed by atoms with Crippen LogP contribution < -0.4 is 5.32 Å². The molecule has 1 aromatic heterocycles. The van der Waals surface area contributed by atoms with Crippen molar-refractivity contribution in [3.8, 4) is 0 Å². The molecule has 1 aliphatic heterocycles. The Morgan fingerprint density at radius 1 is 1.50 bits per heavy atom. The minimum Gasteiger partial charge on any atom is -0.302 e. The van der Waals surface area contributed by atoms with Crippen molar-refractivity contribution >= 4 is 38.0 Å². The standard InChI is InChI=1S/C10H12N2O4S2/c1-6(13)8-4-17-10(11-8)12-9(14)7-2-3-18(15,16)5-7/h4,7H,2-3,5H2,1H3,(H,11,12,14). The van der Waals surface area contributed by atoms with Crippen LogP contribution in [0.4, 0.5) is 5.13 Å². The SMILES string of the molecule is CC(=O)c1csc(NC(=O)C2CCS(=O)(=O)C2)n1. The fraction of sp³-hybridized carbons (Fsp3) is 0.500. The molecule has 8 heteroatoms. The summed E-state index contributed by atoms with van der Waals surface area (Å²) in [6.45, 7) is 1.39. The largest absolute Gasteiger partial charge is 0.302 e. The van der Waals surface area contributed by atoms with Gasteiger partial charge in [-0.05, 0) is 6.42 Å². The molecule has 2 rings (SSSR count). The topological polar surface area (TPSA) is 93.2 Å². The van der Waals surface area contributed by atoms with Crippen molar-refractivity contribution in [2.45, 2.75) is 13.3 Å². The molecule has 0 spiro atoms. The monoisotopic (exact) mass is 288 g/mol. The average Bonchev–Trinajstić information content (AvgIpc) is 2.84. The number of carbonyl (C=O) groups excluding carboxylic acids is 2. The number of ketones is 1. The van der Waals surface area contributed by atoms with Gasteiger partial charge in [-0.25, -0.2) is 13.4 Å². The zero-order valence-corrected chi connectivity index (χ0v) is 11.3. The molecule has 0 bridgehead atoms. The van der Waals surface area contributed by atoms with Crippen LogP contribution in [0.25, 0.3) is 0 Å². The van der Waals surface area contributed by atoms with Crippen molar-refractivity contribution < 1.29 is 18.0 Å². The van der Waals surface area contributed by atoms with Gasteiger partial charge in [-0.1, -0.05) is 0 Å². The van der Waals surface area contributed by atoms with Crippen molar-refractivity contribution in [3.05, 3.63) is 11.1 Å². The lowest BCUT2D eigenvalue weighted by Crippen LogP contribution is -2.23. The lowest BCUT2D eigenvalue weighted by Gasteiger charge is -2.06. The Hall–Kier alpha value is -1.28. The summed E-state index contributed by atoms with van der Waals surface area (Å²) in [4.78, 5) is 26.8. The first-order valence-electron chi connectivity index (χ1n) is 5.35. The van der Waals surface area contributed by atoms with Crippen molar-refractivity contribution in [3.63, 3.8) is 0 Å². The van der Waals surface area contributed by atoms with Crippen molar-refractivity contribution in [2.24, 2.45) is 5.92 Å². The van der Waals surface area contributed by atoms with E-state index in [1.54, 1.807) is 5.38 Å². The summed E-state index contributed by atoms with van der Waals surface area (Å²) in [5.74, 6) is -1.08. The molecule has 0 aliphatic carbocycles. The average molecular weight is 288 g/mol. The molecular weight excluding hydrogens is 276 g/mol. The molecule has 0 aromatic carbocycles. The Morgan fingerprint density at radius 2 is 2.22 bits per heavy atom. The van der Waals surface area contributed by atoms with Gasteiger partial charge in [-0.2, -0.15) is 0 Å². The molecular formula is C10H12N2O4S2. The van der Waals surface area contributed by atoms with Crippen LogP contribution in [0.3, 0.4) is 0 Å². The number of rotatable bonds is 3. The maximum Gasteiger partial charge on any atom is 0.230 e. The number of nitrogens with zero attached hydrogens (tertiary/aromatic N) is 1. The van der Waals surface area contributed by atoms with Crippen LogP contribution in [0.15, 0.2) is 5.38 Å². The third-order valence-electron chi connectivity index (χ3n) is 2.70. The summed E-state index contributed by atoms with van der Waals surface area (Å²) in [5.41, 5.74) is 0.300. The van der Waals surface area contributed by atoms with E-state index in [1.807, 2.05) is 0 Å². The van der Waals surface area contributed by atoms with Crippen molar-refractivity contribution in [2.75, 3.05) is 16.8 Å². The number of aromatic nitrogens is 1. The third kappa shape index (κ3) is 2.94. The van der Waals surface area contributed by atoms with Crippen LogP contribution in [0.5, 0.6) is 0 Å². The summed E-state index contributed by atoms with van der Waals surface area (Å²) >= 11 is 1.15. The van der Waals surface area contributed by atoms with E-state index in [0.717, 1.165) is 11.3 Å². The van der Waals surface area contributed by atoms with Crippen LogP contribution in [0.2, 0.25) is 0 Å². The maximum absolute atomic E-state index is 11.8. The van der Waals surface area contributed by atoms with Crippen LogP contribution in [-0.2, 0) is 14.6 Å². The molecule has 0 radical (unpaired) electrons. The second kappa shape index (κ2) is 4.77.